The van der Waals surface area contributed by atoms with Crippen molar-refractivity contribution in [1.29, 1.82) is 0 Å². The lowest BCUT2D eigenvalue weighted by atomic mass is 9.96. The summed E-state index contributed by atoms with van der Waals surface area (Å²) in [7, 11) is 0. The van der Waals surface area contributed by atoms with Crippen LogP contribution < -0.4 is 10.7 Å². The number of hydrogen-bond donors (Lipinski definition) is 2. The highest BCUT2D eigenvalue weighted by molar-refractivity contribution is 5.96. The number of nitrogens with zero attached hydrogens (tertiary/aromatic N) is 1. The molecule has 6 nitrogen and oxygen atoms in total. The summed E-state index contributed by atoms with van der Waals surface area (Å²) in [6, 6.07) is 0. The lowest BCUT2D eigenvalue weighted by Gasteiger charge is -2.32. The van der Waals surface area contributed by atoms with Crippen LogP contribution in [0.25, 0.3) is 0 Å². The van der Waals surface area contributed by atoms with Crippen molar-refractivity contribution >= 4 is 11.9 Å². The molecule has 29 heavy (non-hydrogen) atoms. The van der Waals surface area contributed by atoms with Crippen molar-refractivity contribution in [2.24, 2.45) is 0 Å². The average molecular weight is 403 g/mol. The number of amides is 1. The summed E-state index contributed by atoms with van der Waals surface area (Å²) in [4.78, 5) is 36.1. The Hall–Kier alpha value is -2.63. The fourth-order valence-electron chi connectivity index (χ4n) is 3.61. The molecule has 2 rings (SSSR count). The minimum atomic E-state index is -1.23. The number of hydrogen-bond acceptors (Lipinski definition) is 3. The van der Waals surface area contributed by atoms with E-state index in [0.717, 1.165) is 32.1 Å². The van der Waals surface area contributed by atoms with Crippen molar-refractivity contribution in [3.8, 4) is 0 Å². The highest BCUT2D eigenvalue weighted by atomic mass is 16.4. The van der Waals surface area contributed by atoms with E-state index in [1.54, 1.807) is 23.8 Å². The molecular formula is C23H34N2O4. The molecular weight excluding hydrogens is 368 g/mol. The van der Waals surface area contributed by atoms with E-state index >= 15 is 0 Å². The van der Waals surface area contributed by atoms with Gasteiger partial charge in [-0.05, 0) is 33.1 Å². The monoisotopic (exact) mass is 402 g/mol. The molecule has 1 fully saturated rings. The van der Waals surface area contributed by atoms with E-state index in [9.17, 15) is 19.5 Å². The first-order valence-electron chi connectivity index (χ1n) is 10.4. The van der Waals surface area contributed by atoms with Crippen LogP contribution in [0.3, 0.4) is 0 Å². The van der Waals surface area contributed by atoms with Crippen LogP contribution >= 0.6 is 0 Å². The molecule has 1 heterocycles. The maximum atomic E-state index is 12.7. The van der Waals surface area contributed by atoms with Crippen LogP contribution in [-0.4, -0.2) is 27.1 Å². The van der Waals surface area contributed by atoms with Gasteiger partial charge in [-0.1, -0.05) is 51.8 Å². The molecule has 1 amide bonds. The highest BCUT2D eigenvalue weighted by Gasteiger charge is 2.36. The van der Waals surface area contributed by atoms with Gasteiger partial charge in [-0.3, -0.25) is 9.59 Å². The second-order valence-electron chi connectivity index (χ2n) is 7.16. The first-order chi connectivity index (χ1) is 13.8. The molecule has 0 saturated heterocycles. The zero-order chi connectivity index (χ0) is 22.0. The van der Waals surface area contributed by atoms with Gasteiger partial charge in [-0.15, -0.1) is 0 Å². The second-order valence-corrected chi connectivity index (χ2v) is 7.16. The lowest BCUT2D eigenvalue weighted by molar-refractivity contribution is -0.119. The molecule has 1 aromatic rings. The van der Waals surface area contributed by atoms with Gasteiger partial charge in [0, 0.05) is 30.1 Å². The molecule has 0 atom stereocenters. The van der Waals surface area contributed by atoms with Gasteiger partial charge < -0.3 is 15.0 Å². The van der Waals surface area contributed by atoms with Crippen LogP contribution in [-0.2, 0) is 11.3 Å². The first-order valence-corrected chi connectivity index (χ1v) is 10.4. The van der Waals surface area contributed by atoms with Crippen molar-refractivity contribution in [3.05, 3.63) is 57.5 Å². The summed E-state index contributed by atoms with van der Waals surface area (Å²) in [6.07, 6.45) is 13.1. The number of carbonyl (C=O) groups is 2. The summed E-state index contributed by atoms with van der Waals surface area (Å²) in [5, 5.41) is 12.5. The molecule has 6 heteroatoms. The highest BCUT2D eigenvalue weighted by Crippen LogP contribution is 2.31. The maximum Gasteiger partial charge on any atom is 0.341 e. The molecule has 0 radical (unpaired) electrons. The van der Waals surface area contributed by atoms with Crippen LogP contribution in [0.15, 0.2) is 41.0 Å². The minimum absolute atomic E-state index is 0.125. The van der Waals surface area contributed by atoms with Crippen molar-refractivity contribution in [2.45, 2.75) is 78.8 Å². The number of carbonyl (C=O) groups excluding carboxylic acids is 1. The molecule has 1 aliphatic carbocycles. The Labute approximate surface area is 173 Å². The summed E-state index contributed by atoms with van der Waals surface area (Å²) in [6.45, 7) is 9.90. The van der Waals surface area contributed by atoms with Crippen molar-refractivity contribution in [1.82, 2.24) is 9.88 Å². The van der Waals surface area contributed by atoms with E-state index in [4.69, 9.17) is 0 Å². The second kappa shape index (κ2) is 11.4. The average Bonchev–Trinajstić information content (AvgIpc) is 3.14. The number of carboxylic acids is 1. The molecule has 0 aliphatic heterocycles. The van der Waals surface area contributed by atoms with E-state index in [2.05, 4.69) is 5.32 Å². The number of aromatic nitrogens is 1. The van der Waals surface area contributed by atoms with Crippen molar-refractivity contribution < 1.29 is 14.7 Å². The SMILES string of the molecule is C/C=C(\C=C/CC)C(=O)NC1(Cn2cc(C)c(=O)c(C(=O)O)c2)CCCC1.CC. The topological polar surface area (TPSA) is 88.4 Å². The van der Waals surface area contributed by atoms with Crippen LogP contribution in [0, 0.1) is 6.92 Å². The number of aryl methyl sites for hydroxylation is 1. The fourth-order valence-corrected chi connectivity index (χ4v) is 3.61. The van der Waals surface area contributed by atoms with Crippen LogP contribution in [0.4, 0.5) is 0 Å². The van der Waals surface area contributed by atoms with E-state index in [1.165, 1.54) is 6.20 Å². The number of nitrogens with one attached hydrogen (secondary N) is 1. The van der Waals surface area contributed by atoms with E-state index in [0.29, 0.717) is 17.7 Å². The first kappa shape index (κ1) is 24.4. The summed E-state index contributed by atoms with van der Waals surface area (Å²) in [5.41, 5.74) is -0.152. The third kappa shape index (κ3) is 6.44. The summed E-state index contributed by atoms with van der Waals surface area (Å²) >= 11 is 0. The van der Waals surface area contributed by atoms with E-state index in [-0.39, 0.29) is 11.5 Å². The van der Waals surface area contributed by atoms with Crippen LogP contribution in [0.5, 0.6) is 0 Å². The van der Waals surface area contributed by atoms with Crippen molar-refractivity contribution in [2.75, 3.05) is 0 Å². The molecule has 0 bridgehead atoms. The molecule has 0 unspecified atom stereocenters. The van der Waals surface area contributed by atoms with Crippen molar-refractivity contribution in [3.63, 3.8) is 0 Å². The van der Waals surface area contributed by atoms with Gasteiger partial charge in [0.2, 0.25) is 0 Å². The standard InChI is InChI=1S/C21H28N2O4.C2H6/c1-4-6-9-16(5-2)19(25)22-21(10-7-8-11-21)14-23-12-15(3)18(24)17(13-23)20(26)27;1-2/h5-6,9,12-13H,4,7-8,10-11,14H2,1-3H3,(H,22,25)(H,26,27);1-2H3/b9-6-,16-5+;. The molecule has 0 spiro atoms. The number of aromatic carboxylic acids is 1. The van der Waals surface area contributed by atoms with Gasteiger partial charge in [0.1, 0.15) is 5.56 Å². The zero-order valence-corrected chi connectivity index (χ0v) is 18.2. The van der Waals surface area contributed by atoms with Gasteiger partial charge in [-0.25, -0.2) is 4.79 Å². The number of pyridine rings is 1. The van der Waals surface area contributed by atoms with Gasteiger partial charge >= 0.3 is 5.97 Å². The third-order valence-electron chi connectivity index (χ3n) is 5.02. The van der Waals surface area contributed by atoms with Gasteiger partial charge in [-0.2, -0.15) is 0 Å². The summed E-state index contributed by atoms with van der Waals surface area (Å²) < 4.78 is 1.73. The number of allylic oxidation sites excluding steroid dienone is 2. The van der Waals surface area contributed by atoms with E-state index < -0.39 is 16.9 Å². The Kier molecular flexibility index (Phi) is 9.59. The fraction of sp³-hybridized carbons (Fsp3) is 0.522. The molecule has 0 aromatic carbocycles. The Bertz CT molecular complexity index is 828. The largest absolute Gasteiger partial charge is 0.477 e. The Morgan fingerprint density at radius 1 is 1.24 bits per heavy atom. The van der Waals surface area contributed by atoms with Gasteiger partial charge in [0.05, 0.1) is 5.54 Å². The predicted molar refractivity (Wildman–Crippen MR) is 116 cm³/mol. The Morgan fingerprint density at radius 2 is 1.86 bits per heavy atom. The lowest BCUT2D eigenvalue weighted by Crippen LogP contribution is -2.50. The smallest absolute Gasteiger partial charge is 0.341 e. The maximum absolute atomic E-state index is 12.7. The molecule has 160 valence electrons. The van der Waals surface area contributed by atoms with Gasteiger partial charge in [0.25, 0.3) is 5.91 Å². The Balaban J connectivity index is 0.00000204. The van der Waals surface area contributed by atoms with Crippen LogP contribution in [0.2, 0.25) is 0 Å². The zero-order valence-electron chi connectivity index (χ0n) is 18.2. The predicted octanol–water partition coefficient (Wildman–Crippen LogP) is 4.22. The number of rotatable bonds is 7. The summed E-state index contributed by atoms with van der Waals surface area (Å²) in [5.74, 6) is -1.36. The van der Waals surface area contributed by atoms with E-state index in [1.807, 2.05) is 39.8 Å². The Morgan fingerprint density at radius 3 is 2.38 bits per heavy atom. The molecule has 1 saturated carbocycles. The quantitative estimate of drug-likeness (QED) is 0.528. The van der Waals surface area contributed by atoms with Crippen LogP contribution in [0.1, 0.15) is 75.7 Å². The third-order valence-corrected chi connectivity index (χ3v) is 5.02. The minimum Gasteiger partial charge on any atom is -0.477 e. The molecule has 1 aliphatic rings. The molecule has 2 N–H and O–H groups in total. The normalized spacial score (nSPS) is 15.7. The van der Waals surface area contributed by atoms with Gasteiger partial charge in [0.15, 0.2) is 5.43 Å². The molecule has 1 aromatic heterocycles. The number of carboxylic acid groups (broad SMARTS) is 1.